The smallest absolute Gasteiger partial charge is 0.316 e. The molecule has 2 aromatic rings. The number of rotatable bonds is 4. The van der Waals surface area contributed by atoms with E-state index in [2.05, 4.69) is 9.97 Å². The summed E-state index contributed by atoms with van der Waals surface area (Å²) in [6.45, 7) is 2.28. The fourth-order valence-electron chi connectivity index (χ4n) is 3.94. The van der Waals surface area contributed by atoms with Crippen molar-refractivity contribution in [3.8, 4) is 11.8 Å². The summed E-state index contributed by atoms with van der Waals surface area (Å²) in [6.07, 6.45) is 2.08. The highest BCUT2D eigenvalue weighted by atomic mass is 32.2. The van der Waals surface area contributed by atoms with Crippen LogP contribution in [0.2, 0.25) is 0 Å². The number of benzene rings is 1. The van der Waals surface area contributed by atoms with Crippen molar-refractivity contribution in [2.45, 2.75) is 18.1 Å². The molecule has 8 nitrogen and oxygen atoms in total. The quantitative estimate of drug-likeness (QED) is 0.817. The van der Waals surface area contributed by atoms with Crippen LogP contribution in [0.3, 0.4) is 0 Å². The van der Waals surface area contributed by atoms with Crippen molar-refractivity contribution >= 4 is 15.7 Å². The minimum absolute atomic E-state index is 0.000921. The van der Waals surface area contributed by atoms with Gasteiger partial charge in [-0.15, -0.1) is 0 Å². The molecule has 2 fully saturated rings. The van der Waals surface area contributed by atoms with Crippen molar-refractivity contribution < 1.29 is 23.1 Å². The van der Waals surface area contributed by atoms with Gasteiger partial charge >= 0.3 is 6.01 Å². The highest BCUT2D eigenvalue weighted by Gasteiger charge is 2.62. The van der Waals surface area contributed by atoms with E-state index in [0.29, 0.717) is 12.0 Å². The summed E-state index contributed by atoms with van der Waals surface area (Å²) in [6, 6.07) is 8.04. The molecule has 2 aliphatic rings. The van der Waals surface area contributed by atoms with E-state index in [1.54, 1.807) is 24.4 Å². The molecule has 1 atom stereocenters. The van der Waals surface area contributed by atoms with Crippen molar-refractivity contribution in [3.63, 3.8) is 0 Å². The van der Waals surface area contributed by atoms with Gasteiger partial charge in [0.2, 0.25) is 0 Å². The molecule has 148 valence electrons. The zero-order valence-corrected chi connectivity index (χ0v) is 16.2. The molecule has 0 aliphatic carbocycles. The van der Waals surface area contributed by atoms with Gasteiger partial charge in [0.1, 0.15) is 10.5 Å². The molecule has 1 spiro atoms. The molecule has 28 heavy (non-hydrogen) atoms. The number of aromatic nitrogens is 2. The molecule has 1 unspecified atom stereocenters. The summed E-state index contributed by atoms with van der Waals surface area (Å²) in [7, 11) is -3.33. The number of phenols is 1. The average molecular weight is 403 g/mol. The first kappa shape index (κ1) is 18.7. The molecule has 1 aromatic heterocycles. The molecule has 0 saturated carbocycles. The Bertz CT molecular complexity index is 1020. The average Bonchev–Trinajstić information content (AvgIpc) is 2.88. The normalized spacial score (nSPS) is 22.0. The van der Waals surface area contributed by atoms with Gasteiger partial charge in [-0.05, 0) is 37.6 Å². The van der Waals surface area contributed by atoms with Gasteiger partial charge < -0.3 is 14.7 Å². The second-order valence-electron chi connectivity index (χ2n) is 7.37. The van der Waals surface area contributed by atoms with E-state index < -0.39 is 14.6 Å². The minimum atomic E-state index is -3.33. The van der Waals surface area contributed by atoms with E-state index in [1.165, 1.54) is 17.0 Å². The van der Waals surface area contributed by atoms with Crippen LogP contribution in [0.4, 0.5) is 0 Å². The van der Waals surface area contributed by atoms with Crippen LogP contribution in [-0.2, 0) is 9.84 Å². The first-order valence-corrected chi connectivity index (χ1v) is 10.7. The standard InChI is InChI=1S/C19H21N3O5S/c1-13-5-7-20-18(21-13)27-10-15-6-8-28(25,26)19(15)11-22(12-19)17(24)14-3-2-4-16(23)9-14/h2-5,7,9,15,23H,6,8,10-12H2,1H3. The number of likely N-dealkylation sites (tertiary alicyclic amines) is 1. The van der Waals surface area contributed by atoms with Gasteiger partial charge in [-0.3, -0.25) is 4.79 Å². The predicted molar refractivity (Wildman–Crippen MR) is 101 cm³/mol. The van der Waals surface area contributed by atoms with Crippen LogP contribution in [0.1, 0.15) is 22.5 Å². The van der Waals surface area contributed by atoms with Crippen LogP contribution < -0.4 is 4.74 Å². The summed E-state index contributed by atoms with van der Waals surface area (Å²) < 4.78 is 30.2. The van der Waals surface area contributed by atoms with Crippen molar-refractivity contribution in [2.24, 2.45) is 5.92 Å². The maximum atomic E-state index is 12.7. The number of nitrogens with zero attached hydrogens (tertiary/aromatic N) is 3. The second kappa shape index (κ2) is 6.73. The fourth-order valence-corrected chi connectivity index (χ4v) is 6.34. The molecule has 3 heterocycles. The van der Waals surface area contributed by atoms with Crippen LogP contribution in [0, 0.1) is 12.8 Å². The number of phenolic OH excluding ortho intramolecular Hbond substituents is 1. The molecular weight excluding hydrogens is 382 g/mol. The molecule has 2 aliphatic heterocycles. The Morgan fingerprint density at radius 1 is 1.36 bits per heavy atom. The number of ether oxygens (including phenoxy) is 1. The molecule has 0 bridgehead atoms. The van der Waals surface area contributed by atoms with Crippen molar-refractivity contribution in [1.29, 1.82) is 0 Å². The first-order chi connectivity index (χ1) is 13.3. The number of aromatic hydroxyl groups is 1. The minimum Gasteiger partial charge on any atom is -0.508 e. The molecule has 4 rings (SSSR count). The lowest BCUT2D eigenvalue weighted by Crippen LogP contribution is -2.68. The SMILES string of the molecule is Cc1ccnc(OCC2CCS(=O)(=O)C23CN(C(=O)c2cccc(O)c2)C3)n1. The Balaban J connectivity index is 1.48. The third kappa shape index (κ3) is 3.09. The Kier molecular flexibility index (Phi) is 4.49. The zero-order chi connectivity index (χ0) is 19.9. The molecular formula is C19H21N3O5S. The third-order valence-corrected chi connectivity index (χ3v) is 8.19. The fraction of sp³-hybridized carbons (Fsp3) is 0.421. The van der Waals surface area contributed by atoms with Crippen LogP contribution in [0.15, 0.2) is 36.5 Å². The largest absolute Gasteiger partial charge is 0.508 e. The van der Waals surface area contributed by atoms with Gasteiger partial charge in [0.15, 0.2) is 9.84 Å². The van der Waals surface area contributed by atoms with E-state index in [1.807, 2.05) is 6.92 Å². The molecule has 0 radical (unpaired) electrons. The van der Waals surface area contributed by atoms with E-state index in [-0.39, 0.29) is 49.0 Å². The van der Waals surface area contributed by atoms with Crippen LogP contribution >= 0.6 is 0 Å². The predicted octanol–water partition coefficient (Wildman–Crippen LogP) is 1.20. The molecule has 1 amide bonds. The summed E-state index contributed by atoms with van der Waals surface area (Å²) in [5, 5.41) is 9.57. The molecule has 1 aromatic carbocycles. The van der Waals surface area contributed by atoms with E-state index >= 15 is 0 Å². The highest BCUT2D eigenvalue weighted by Crippen LogP contribution is 2.45. The Morgan fingerprint density at radius 3 is 2.86 bits per heavy atom. The summed E-state index contributed by atoms with van der Waals surface area (Å²) in [4.78, 5) is 22.4. The number of hydrogen-bond donors (Lipinski definition) is 1. The van der Waals surface area contributed by atoms with Gasteiger partial charge in [0, 0.05) is 36.5 Å². The second-order valence-corrected chi connectivity index (χ2v) is 9.82. The number of sulfone groups is 1. The molecule has 1 N–H and O–H groups in total. The van der Waals surface area contributed by atoms with Crippen molar-refractivity contribution in [1.82, 2.24) is 14.9 Å². The van der Waals surface area contributed by atoms with Crippen LogP contribution in [0.25, 0.3) is 0 Å². The lowest BCUT2D eigenvalue weighted by atomic mass is 9.83. The third-order valence-electron chi connectivity index (χ3n) is 5.58. The van der Waals surface area contributed by atoms with Gasteiger partial charge in [0.05, 0.1) is 12.4 Å². The molecule has 9 heteroatoms. The molecule has 2 saturated heterocycles. The lowest BCUT2D eigenvalue weighted by Gasteiger charge is -2.49. The number of carbonyl (C=O) groups is 1. The Labute approximate surface area is 163 Å². The number of aryl methyl sites for hydroxylation is 1. The Hall–Kier alpha value is -2.68. The highest BCUT2D eigenvalue weighted by molar-refractivity contribution is 7.93. The number of amides is 1. The first-order valence-electron chi connectivity index (χ1n) is 9.04. The van der Waals surface area contributed by atoms with E-state index in [4.69, 9.17) is 4.74 Å². The number of hydrogen-bond acceptors (Lipinski definition) is 7. The number of carbonyl (C=O) groups excluding carboxylic acids is 1. The summed E-state index contributed by atoms with van der Waals surface area (Å²) in [5.74, 6) is -0.428. The summed E-state index contributed by atoms with van der Waals surface area (Å²) >= 11 is 0. The Morgan fingerprint density at radius 2 is 2.14 bits per heavy atom. The topological polar surface area (TPSA) is 110 Å². The maximum Gasteiger partial charge on any atom is 0.316 e. The van der Waals surface area contributed by atoms with Gasteiger partial charge in [-0.1, -0.05) is 6.07 Å². The van der Waals surface area contributed by atoms with Gasteiger partial charge in [-0.25, -0.2) is 18.4 Å². The monoisotopic (exact) mass is 403 g/mol. The zero-order valence-electron chi connectivity index (χ0n) is 15.4. The van der Waals surface area contributed by atoms with Crippen LogP contribution in [-0.4, -0.2) is 64.5 Å². The van der Waals surface area contributed by atoms with Crippen molar-refractivity contribution in [3.05, 3.63) is 47.8 Å². The van der Waals surface area contributed by atoms with E-state index in [9.17, 15) is 18.3 Å². The summed E-state index contributed by atoms with van der Waals surface area (Å²) in [5.41, 5.74) is 1.11. The van der Waals surface area contributed by atoms with Gasteiger partial charge in [-0.2, -0.15) is 0 Å². The van der Waals surface area contributed by atoms with E-state index in [0.717, 1.165) is 5.69 Å². The maximum absolute atomic E-state index is 12.7. The lowest BCUT2D eigenvalue weighted by molar-refractivity contribution is 0.0403. The van der Waals surface area contributed by atoms with Crippen molar-refractivity contribution in [2.75, 3.05) is 25.4 Å². The van der Waals surface area contributed by atoms with Gasteiger partial charge in [0.25, 0.3) is 5.91 Å². The van der Waals surface area contributed by atoms with Crippen LogP contribution in [0.5, 0.6) is 11.8 Å².